The molecule has 0 nitrogen and oxygen atoms in total. The van der Waals surface area contributed by atoms with Crippen molar-refractivity contribution >= 4 is 0 Å². The van der Waals surface area contributed by atoms with E-state index in [0.29, 0.717) is 0 Å². The Morgan fingerprint density at radius 1 is 0.812 bits per heavy atom. The molecule has 1 aromatic rings. The lowest BCUT2D eigenvalue weighted by molar-refractivity contribution is 0.243. The monoisotopic (exact) mass is 214 g/mol. The normalized spacial score (nSPS) is 29.8. The topological polar surface area (TPSA) is 0 Å². The second-order valence-corrected chi connectivity index (χ2v) is 5.80. The van der Waals surface area contributed by atoms with Crippen LogP contribution < -0.4 is 0 Å². The van der Waals surface area contributed by atoms with Crippen LogP contribution in [0.2, 0.25) is 0 Å². The fourth-order valence-corrected chi connectivity index (χ4v) is 3.61. The van der Waals surface area contributed by atoms with E-state index >= 15 is 0 Å². The largest absolute Gasteiger partial charge is 0.0617 e. The third-order valence-corrected chi connectivity index (χ3v) is 4.57. The van der Waals surface area contributed by atoms with Gasteiger partial charge in [0.15, 0.2) is 0 Å². The summed E-state index contributed by atoms with van der Waals surface area (Å²) in [6.07, 6.45) is 11.5. The average Bonchev–Trinajstić information content (AvgIpc) is 2.34. The number of aryl methyl sites for hydroxylation is 2. The zero-order valence-corrected chi connectivity index (χ0v) is 10.1. The number of rotatable bonds is 0. The number of hydrogen-bond donors (Lipinski definition) is 0. The number of hydrogen-bond acceptors (Lipinski definition) is 0. The van der Waals surface area contributed by atoms with E-state index in [1.54, 1.807) is 11.1 Å². The lowest BCUT2D eigenvalue weighted by Crippen LogP contribution is -2.17. The summed E-state index contributed by atoms with van der Waals surface area (Å²) in [5.41, 5.74) is 3.14. The van der Waals surface area contributed by atoms with Crippen LogP contribution in [0.4, 0.5) is 0 Å². The summed E-state index contributed by atoms with van der Waals surface area (Å²) < 4.78 is 0. The van der Waals surface area contributed by atoms with Crippen molar-refractivity contribution < 1.29 is 0 Å². The highest BCUT2D eigenvalue weighted by Crippen LogP contribution is 2.35. The van der Waals surface area contributed by atoms with E-state index in [-0.39, 0.29) is 0 Å². The van der Waals surface area contributed by atoms with Crippen molar-refractivity contribution in [3.63, 3.8) is 0 Å². The van der Waals surface area contributed by atoms with Gasteiger partial charge in [0, 0.05) is 0 Å². The second kappa shape index (κ2) is 4.61. The summed E-state index contributed by atoms with van der Waals surface area (Å²) in [6, 6.07) is 9.32. The second-order valence-electron chi connectivity index (χ2n) is 5.80. The summed E-state index contributed by atoms with van der Waals surface area (Å²) in [5.74, 6) is 2.06. The van der Waals surface area contributed by atoms with Gasteiger partial charge < -0.3 is 0 Å². The van der Waals surface area contributed by atoms with Crippen LogP contribution in [0.15, 0.2) is 24.3 Å². The highest BCUT2D eigenvalue weighted by atomic mass is 14.3. The quantitative estimate of drug-likeness (QED) is 0.601. The maximum absolute atomic E-state index is 2.45. The standard InChI is InChI=1S/C16H22/c1-3-13-7-9-15-5-2-6-16(12-15)10-8-14(4-1)11-13/h1,3-4,11,15-16H,2,5-10,12H2/t15-,16-/m1/s1. The Labute approximate surface area is 99.1 Å². The van der Waals surface area contributed by atoms with E-state index in [9.17, 15) is 0 Å². The molecule has 1 saturated carbocycles. The van der Waals surface area contributed by atoms with Gasteiger partial charge in [-0.3, -0.25) is 0 Å². The van der Waals surface area contributed by atoms with Gasteiger partial charge in [-0.05, 0) is 55.1 Å². The molecule has 86 valence electrons. The molecule has 0 unspecified atom stereocenters. The van der Waals surface area contributed by atoms with E-state index < -0.39 is 0 Å². The summed E-state index contributed by atoms with van der Waals surface area (Å²) in [5, 5.41) is 0. The van der Waals surface area contributed by atoms with Crippen LogP contribution in [0.3, 0.4) is 0 Å². The molecule has 2 aliphatic carbocycles. The van der Waals surface area contributed by atoms with Crippen LogP contribution in [0.5, 0.6) is 0 Å². The zero-order chi connectivity index (χ0) is 10.8. The SMILES string of the molecule is c1cc2cc(c1)CC[C@H]1CCC[C@H](CC2)C1. The zero-order valence-electron chi connectivity index (χ0n) is 10.1. The van der Waals surface area contributed by atoms with Gasteiger partial charge in [0.2, 0.25) is 0 Å². The molecule has 0 aromatic heterocycles. The van der Waals surface area contributed by atoms with Crippen LogP contribution in [0.25, 0.3) is 0 Å². The first-order valence-electron chi connectivity index (χ1n) is 6.98. The van der Waals surface area contributed by atoms with Crippen molar-refractivity contribution in [1.29, 1.82) is 0 Å². The van der Waals surface area contributed by atoms with Crippen molar-refractivity contribution in [2.24, 2.45) is 11.8 Å². The Kier molecular flexibility index (Phi) is 2.99. The molecule has 0 aliphatic heterocycles. The van der Waals surface area contributed by atoms with Gasteiger partial charge in [0.25, 0.3) is 0 Å². The lowest BCUT2D eigenvalue weighted by Gasteiger charge is -2.30. The molecular formula is C16H22. The van der Waals surface area contributed by atoms with Crippen molar-refractivity contribution in [1.82, 2.24) is 0 Å². The van der Waals surface area contributed by atoms with Crippen LogP contribution in [0, 0.1) is 11.8 Å². The van der Waals surface area contributed by atoms with Crippen molar-refractivity contribution in [2.45, 2.75) is 51.4 Å². The van der Waals surface area contributed by atoms with E-state index in [1.807, 2.05) is 0 Å². The molecule has 1 aromatic carbocycles. The number of benzene rings is 1. The molecule has 3 rings (SSSR count). The van der Waals surface area contributed by atoms with Gasteiger partial charge in [-0.15, -0.1) is 0 Å². The van der Waals surface area contributed by atoms with Gasteiger partial charge in [0.05, 0.1) is 0 Å². The third-order valence-electron chi connectivity index (χ3n) is 4.57. The Morgan fingerprint density at radius 2 is 1.44 bits per heavy atom. The van der Waals surface area contributed by atoms with E-state index in [1.165, 1.54) is 51.4 Å². The first-order valence-corrected chi connectivity index (χ1v) is 6.98. The molecule has 4 bridgehead atoms. The third kappa shape index (κ3) is 2.31. The summed E-state index contributed by atoms with van der Waals surface area (Å²) in [7, 11) is 0. The van der Waals surface area contributed by atoms with E-state index in [4.69, 9.17) is 0 Å². The Morgan fingerprint density at radius 3 is 2.06 bits per heavy atom. The van der Waals surface area contributed by atoms with E-state index in [2.05, 4.69) is 24.3 Å². The lowest BCUT2D eigenvalue weighted by atomic mass is 9.76. The maximum Gasteiger partial charge on any atom is -0.0276 e. The Balaban J connectivity index is 1.81. The van der Waals surface area contributed by atoms with Gasteiger partial charge in [-0.2, -0.15) is 0 Å². The summed E-state index contributed by atoms with van der Waals surface area (Å²) in [6.45, 7) is 0. The Hall–Kier alpha value is -0.780. The maximum atomic E-state index is 2.45. The molecule has 0 saturated heterocycles. The first-order chi connectivity index (χ1) is 7.90. The number of fused-ring (bicyclic) bond motifs is 4. The van der Waals surface area contributed by atoms with Gasteiger partial charge in [0.1, 0.15) is 0 Å². The van der Waals surface area contributed by atoms with Crippen LogP contribution in [0.1, 0.15) is 49.7 Å². The van der Waals surface area contributed by atoms with Crippen LogP contribution in [-0.4, -0.2) is 0 Å². The van der Waals surface area contributed by atoms with Gasteiger partial charge in [-0.1, -0.05) is 43.5 Å². The molecule has 16 heavy (non-hydrogen) atoms. The molecule has 0 radical (unpaired) electrons. The highest BCUT2D eigenvalue weighted by molar-refractivity contribution is 5.24. The minimum atomic E-state index is 1.03. The smallest absolute Gasteiger partial charge is 0.0276 e. The minimum absolute atomic E-state index is 1.03. The molecular weight excluding hydrogens is 192 g/mol. The minimum Gasteiger partial charge on any atom is -0.0617 e. The van der Waals surface area contributed by atoms with Crippen LogP contribution >= 0.6 is 0 Å². The van der Waals surface area contributed by atoms with Crippen LogP contribution in [-0.2, 0) is 12.8 Å². The Bertz CT molecular complexity index is 324. The molecule has 0 N–H and O–H groups in total. The molecule has 2 atom stereocenters. The molecule has 0 heterocycles. The highest BCUT2D eigenvalue weighted by Gasteiger charge is 2.22. The first kappa shape index (κ1) is 10.4. The van der Waals surface area contributed by atoms with Crippen molar-refractivity contribution in [3.8, 4) is 0 Å². The molecule has 2 aliphatic rings. The molecule has 0 heteroatoms. The predicted molar refractivity (Wildman–Crippen MR) is 68.5 cm³/mol. The fraction of sp³-hybridized carbons (Fsp3) is 0.625. The van der Waals surface area contributed by atoms with Crippen molar-refractivity contribution in [3.05, 3.63) is 35.4 Å². The van der Waals surface area contributed by atoms with E-state index in [0.717, 1.165) is 11.8 Å². The summed E-state index contributed by atoms with van der Waals surface area (Å²) >= 11 is 0. The van der Waals surface area contributed by atoms with Crippen molar-refractivity contribution in [2.75, 3.05) is 0 Å². The summed E-state index contributed by atoms with van der Waals surface area (Å²) in [4.78, 5) is 0. The molecule has 0 amide bonds. The van der Waals surface area contributed by atoms with Gasteiger partial charge in [-0.25, -0.2) is 0 Å². The van der Waals surface area contributed by atoms with Gasteiger partial charge >= 0.3 is 0 Å². The predicted octanol–water partition coefficient (Wildman–Crippen LogP) is 4.37. The fourth-order valence-electron chi connectivity index (χ4n) is 3.61. The molecule has 0 spiro atoms. The molecule has 1 fully saturated rings. The average molecular weight is 214 g/mol.